The van der Waals surface area contributed by atoms with Gasteiger partial charge in [0.1, 0.15) is 17.7 Å². The average molecular weight is 965 g/mol. The number of methoxy groups -OCH3 is 2. The van der Waals surface area contributed by atoms with Crippen LogP contribution in [0.15, 0.2) is 49.1 Å². The number of Topliss-reactive ketones (excluding diaryl/α,β-unsaturated/α-hetero) is 2. The highest BCUT2D eigenvalue weighted by Crippen LogP contribution is 2.70. The smallest absolute Gasteiger partial charge is 0.414 e. The van der Waals surface area contributed by atoms with E-state index in [0.29, 0.717) is 49.8 Å². The molecular weight excluding hydrogens is 881 g/mol. The highest BCUT2D eigenvalue weighted by molar-refractivity contribution is 5.94. The summed E-state index contributed by atoms with van der Waals surface area (Å²) in [5, 5.41) is 14.3. The van der Waals surface area contributed by atoms with Crippen LogP contribution in [0.1, 0.15) is 137 Å². The van der Waals surface area contributed by atoms with Crippen LogP contribution >= 0.6 is 0 Å². The Morgan fingerprint density at radius 1 is 0.686 bits per heavy atom. The van der Waals surface area contributed by atoms with Gasteiger partial charge in [-0.1, -0.05) is 55.4 Å². The Balaban J connectivity index is 0.000000185. The SMILES string of the molecule is CO[C@@H]1CCC23CC[C@@H](C)[C@](C)(C12)[C@H](O)C[C@@](C)(Cc1ccncc1)C(=O)[C@@H]3C.CO[C@@H]1CCC23CC[C@@H](C)[C@](C)(C12)[C@H](OC(=O)NC(=O)[C@H]1CN2CC[C@@H]1C2)C[C@@](C)(Cc1ccncc1)C(=O)[C@@H]3C. The van der Waals surface area contributed by atoms with E-state index in [1.807, 2.05) is 24.3 Å². The van der Waals surface area contributed by atoms with Crippen LogP contribution in [0.3, 0.4) is 0 Å². The molecule has 0 radical (unpaired) electrons. The lowest BCUT2D eigenvalue weighted by molar-refractivity contribution is -0.192. The number of carbonyl (C=O) groups excluding carboxylic acids is 4. The number of pyridine rings is 2. The lowest BCUT2D eigenvalue weighted by Gasteiger charge is -2.61. The standard InChI is InChI=1S/C33H47N3O5.C25H37NO3/c1-20-6-11-33-12-7-25(40-5)27(33)32(20,4)26(41-30(39)35-29(38)24-19-36-15-10-23(24)18-36)17-31(3,28(37)21(33)2)16-22-8-13-34-14-9-22;1-16-6-10-25-11-7-19(29-5)21(25)24(16,4)20(27)15-23(3,22(28)17(25)2)14-18-8-12-26-13-9-18/h8-9,13-14,20-21,23-27H,6-7,10-12,15-19H2,1-5H3,(H,35,38,39);8-9,12-13,16-17,19-21,27H,6-7,10-11,14-15H2,1-5H3/t20-,21+,23-,24+,25-,26-,27?,31-,32+,33?;16-,17+,19-,20-,21?,23-,24+,25?/m11/s1. The molecule has 0 spiro atoms. The molecule has 8 fully saturated rings. The molecule has 2 saturated heterocycles. The van der Waals surface area contributed by atoms with Crippen molar-refractivity contribution in [2.75, 3.05) is 33.9 Å². The van der Waals surface area contributed by atoms with Gasteiger partial charge in [-0.15, -0.1) is 0 Å². The maximum atomic E-state index is 14.6. The van der Waals surface area contributed by atoms with E-state index in [9.17, 15) is 24.3 Å². The number of aliphatic hydroxyl groups is 1. The third kappa shape index (κ3) is 8.23. The molecule has 8 aliphatic rings. The van der Waals surface area contributed by atoms with Crippen molar-refractivity contribution in [3.63, 3.8) is 0 Å². The summed E-state index contributed by atoms with van der Waals surface area (Å²) < 4.78 is 18.5. The second-order valence-electron chi connectivity index (χ2n) is 25.2. The highest BCUT2D eigenvalue weighted by Gasteiger charge is 2.70. The minimum atomic E-state index is -0.741. The number of aromatic nitrogens is 2. The Morgan fingerprint density at radius 2 is 1.16 bits per heavy atom. The van der Waals surface area contributed by atoms with Crippen molar-refractivity contribution >= 4 is 23.6 Å². The first-order chi connectivity index (χ1) is 33.2. The van der Waals surface area contributed by atoms with E-state index >= 15 is 0 Å². The van der Waals surface area contributed by atoms with Crippen LogP contribution in [-0.4, -0.2) is 102 Å². The largest absolute Gasteiger partial charge is 0.445 e. The van der Waals surface area contributed by atoms with Gasteiger partial charge in [0.25, 0.3) is 0 Å². The fourth-order valence-electron chi connectivity index (χ4n) is 17.8. The molecule has 384 valence electrons. The minimum Gasteiger partial charge on any atom is -0.445 e. The molecule has 4 heterocycles. The van der Waals surface area contributed by atoms with Crippen LogP contribution in [-0.2, 0) is 41.4 Å². The predicted octanol–water partition coefficient (Wildman–Crippen LogP) is 9.11. The highest BCUT2D eigenvalue weighted by atomic mass is 16.6. The van der Waals surface area contributed by atoms with Gasteiger partial charge in [-0.05, 0) is 160 Å². The molecule has 2 aliphatic heterocycles. The van der Waals surface area contributed by atoms with Crippen LogP contribution in [0.4, 0.5) is 4.79 Å². The topological polar surface area (TPSA) is 157 Å². The van der Waals surface area contributed by atoms with Gasteiger partial charge in [0.2, 0.25) is 5.91 Å². The number of rotatable bonds is 8. The summed E-state index contributed by atoms with van der Waals surface area (Å²) in [4.78, 5) is 66.0. The Labute approximate surface area is 417 Å². The number of nitrogens with one attached hydrogen (secondary N) is 1. The van der Waals surface area contributed by atoms with E-state index in [2.05, 4.69) is 75.6 Å². The second-order valence-corrected chi connectivity index (χ2v) is 25.2. The number of ether oxygens (including phenoxy) is 3. The number of piperidine rings is 1. The molecule has 6 saturated carbocycles. The van der Waals surface area contributed by atoms with Crippen molar-refractivity contribution < 1.29 is 38.5 Å². The van der Waals surface area contributed by atoms with Gasteiger partial charge in [0.05, 0.1) is 24.2 Å². The van der Waals surface area contributed by atoms with Crippen LogP contribution in [0.25, 0.3) is 0 Å². The fraction of sp³-hybridized carbons (Fsp3) is 0.759. The van der Waals surface area contributed by atoms with Gasteiger partial charge in [-0.2, -0.15) is 0 Å². The normalized spacial score (nSPS) is 46.0. The molecule has 12 nitrogen and oxygen atoms in total. The molecule has 5 unspecified atom stereocenters. The van der Waals surface area contributed by atoms with Gasteiger partial charge < -0.3 is 24.2 Å². The van der Waals surface area contributed by atoms with E-state index in [4.69, 9.17) is 14.2 Å². The summed E-state index contributed by atoms with van der Waals surface area (Å²) in [5.74, 6) is 1.33. The lowest BCUT2D eigenvalue weighted by atomic mass is 9.43. The quantitative estimate of drug-likeness (QED) is 0.260. The van der Waals surface area contributed by atoms with Gasteiger partial charge in [0.15, 0.2) is 0 Å². The Bertz CT molecular complexity index is 2270. The number of carbonyl (C=O) groups is 4. The number of ketones is 2. The van der Waals surface area contributed by atoms with Crippen LogP contribution in [0.2, 0.25) is 0 Å². The number of amides is 2. The van der Waals surface area contributed by atoms with Crippen molar-refractivity contribution in [3.05, 3.63) is 60.2 Å². The average Bonchev–Trinajstić information content (AvgIpc) is 4.17. The molecule has 12 heteroatoms. The molecule has 19 atom stereocenters. The lowest BCUT2D eigenvalue weighted by Crippen LogP contribution is -2.63. The van der Waals surface area contributed by atoms with E-state index < -0.39 is 34.5 Å². The van der Waals surface area contributed by atoms with Crippen molar-refractivity contribution in [3.8, 4) is 0 Å². The summed E-state index contributed by atoms with van der Waals surface area (Å²) in [6, 6.07) is 7.93. The van der Waals surface area contributed by atoms with E-state index in [-0.39, 0.29) is 75.7 Å². The molecule has 2 aromatic heterocycles. The van der Waals surface area contributed by atoms with Crippen molar-refractivity contribution in [1.29, 1.82) is 0 Å². The zero-order valence-corrected chi connectivity index (χ0v) is 44.0. The third-order valence-electron chi connectivity index (χ3n) is 22.1. The number of hydrogen-bond donors (Lipinski definition) is 2. The van der Waals surface area contributed by atoms with E-state index in [0.717, 1.165) is 82.0 Å². The summed E-state index contributed by atoms with van der Waals surface area (Å²) in [6.07, 6.45) is 16.6. The number of fused-ring (bicyclic) bond motifs is 2. The molecule has 6 aliphatic carbocycles. The number of imide groups is 1. The van der Waals surface area contributed by atoms with Crippen LogP contribution in [0, 0.1) is 79.8 Å². The maximum absolute atomic E-state index is 14.6. The summed E-state index contributed by atoms with van der Waals surface area (Å²) in [6.45, 7) is 20.2. The Morgan fingerprint density at radius 3 is 1.63 bits per heavy atom. The molecule has 2 aromatic rings. The molecular formula is C58H84N4O8. The number of hydrogen-bond acceptors (Lipinski definition) is 11. The maximum Gasteiger partial charge on any atom is 0.414 e. The Hall–Kier alpha value is -3.58. The third-order valence-corrected chi connectivity index (χ3v) is 22.1. The van der Waals surface area contributed by atoms with Gasteiger partial charge in [-0.25, -0.2) is 4.79 Å². The van der Waals surface area contributed by atoms with Crippen LogP contribution < -0.4 is 5.32 Å². The fourth-order valence-corrected chi connectivity index (χ4v) is 17.8. The Kier molecular flexibility index (Phi) is 14.0. The molecule has 6 bridgehead atoms. The molecule has 70 heavy (non-hydrogen) atoms. The first-order valence-electron chi connectivity index (χ1n) is 27.0. The zero-order valence-electron chi connectivity index (χ0n) is 44.0. The van der Waals surface area contributed by atoms with E-state index in [1.165, 1.54) is 0 Å². The number of nitrogens with zero attached hydrogens (tertiary/aromatic N) is 3. The summed E-state index contributed by atoms with van der Waals surface area (Å²) in [5.41, 5.74) is -0.0471. The van der Waals surface area contributed by atoms with Gasteiger partial charge >= 0.3 is 6.09 Å². The number of aliphatic hydroxyl groups excluding tert-OH is 1. The monoisotopic (exact) mass is 965 g/mol. The molecule has 2 N–H and O–H groups in total. The summed E-state index contributed by atoms with van der Waals surface area (Å²) in [7, 11) is 3.58. The van der Waals surface area contributed by atoms with Crippen LogP contribution in [0.5, 0.6) is 0 Å². The molecule has 0 aromatic carbocycles. The molecule has 2 amide bonds. The minimum absolute atomic E-state index is 0.00133. The number of alkyl carbamates (subject to hydrolysis) is 1. The van der Waals surface area contributed by atoms with Crippen molar-refractivity contribution in [2.24, 2.45) is 79.8 Å². The van der Waals surface area contributed by atoms with Crippen molar-refractivity contribution in [2.45, 2.75) is 163 Å². The molecule has 10 rings (SSSR count). The van der Waals surface area contributed by atoms with E-state index in [1.54, 1.807) is 39.0 Å². The zero-order chi connectivity index (χ0) is 50.2. The predicted molar refractivity (Wildman–Crippen MR) is 267 cm³/mol. The van der Waals surface area contributed by atoms with Crippen molar-refractivity contribution in [1.82, 2.24) is 20.2 Å². The first-order valence-corrected chi connectivity index (χ1v) is 27.0. The first kappa shape index (κ1) is 51.3. The second kappa shape index (κ2) is 19.0. The summed E-state index contributed by atoms with van der Waals surface area (Å²) >= 11 is 0. The van der Waals surface area contributed by atoms with Gasteiger partial charge in [-0.3, -0.25) is 29.7 Å². The van der Waals surface area contributed by atoms with Gasteiger partial charge in [0, 0.05) is 91.5 Å².